The number of rotatable bonds is 9. The van der Waals surface area contributed by atoms with Gasteiger partial charge in [0, 0.05) is 6.54 Å². The fraction of sp³-hybridized carbons (Fsp3) is 0.889. The fourth-order valence-electron chi connectivity index (χ4n) is 1.04. The molecule has 15 heavy (non-hydrogen) atoms. The van der Waals surface area contributed by atoms with Crippen LogP contribution in [0.25, 0.3) is 0 Å². The molecule has 0 aromatic rings. The number of thiol groups is 1. The number of carbonyl (C=O) groups is 1. The topological polar surface area (TPSA) is 73.6 Å². The Bertz CT molecular complexity index is 169. The Labute approximate surface area is 96.0 Å². The molecule has 0 fully saturated rings. The van der Waals surface area contributed by atoms with Crippen molar-refractivity contribution in [3.8, 4) is 0 Å². The van der Waals surface area contributed by atoms with Gasteiger partial charge in [0.05, 0.1) is 12.7 Å². The molecular formula is C9H20N2O3S. The Kier molecular flexibility index (Phi) is 10.0. The van der Waals surface area contributed by atoms with E-state index in [2.05, 4.69) is 22.8 Å². The third kappa shape index (κ3) is 9.99. The van der Waals surface area contributed by atoms with Crippen LogP contribution in [0.1, 0.15) is 19.8 Å². The summed E-state index contributed by atoms with van der Waals surface area (Å²) in [5.74, 6) is 5.38. The average Bonchev–Trinajstić information content (AvgIpc) is 2.22. The molecular weight excluding hydrogens is 216 g/mol. The molecule has 0 aromatic heterocycles. The minimum Gasteiger partial charge on any atom is -0.377 e. The highest BCUT2D eigenvalue weighted by Crippen LogP contribution is 2.01. The lowest BCUT2D eigenvalue weighted by Crippen LogP contribution is -2.32. The fourth-order valence-corrected chi connectivity index (χ4v) is 1.22. The van der Waals surface area contributed by atoms with E-state index in [-0.39, 0.29) is 18.6 Å². The second kappa shape index (κ2) is 10.2. The summed E-state index contributed by atoms with van der Waals surface area (Å²) in [4.78, 5) is 15.1. The van der Waals surface area contributed by atoms with Gasteiger partial charge in [-0.1, -0.05) is 0 Å². The predicted molar refractivity (Wildman–Crippen MR) is 61.7 cm³/mol. The summed E-state index contributed by atoms with van der Waals surface area (Å²) in [5.41, 5.74) is 0. The molecule has 0 saturated carbocycles. The van der Waals surface area contributed by atoms with E-state index in [9.17, 15) is 4.79 Å². The molecule has 5 nitrogen and oxygen atoms in total. The number of nitrogens with two attached hydrogens (primary N) is 1. The molecule has 0 rings (SSSR count). The Morgan fingerprint density at radius 1 is 1.60 bits per heavy atom. The van der Waals surface area contributed by atoms with Crippen LogP contribution in [0.3, 0.4) is 0 Å². The molecule has 0 spiro atoms. The molecule has 0 saturated heterocycles. The Hall–Kier alpha value is -0.300. The first-order chi connectivity index (χ1) is 7.20. The second-order valence-electron chi connectivity index (χ2n) is 3.21. The minimum absolute atomic E-state index is 0.116. The average molecular weight is 236 g/mol. The third-order valence-electron chi connectivity index (χ3n) is 1.81. The lowest BCUT2D eigenvalue weighted by atomic mass is 10.2. The van der Waals surface area contributed by atoms with Gasteiger partial charge in [-0.15, -0.1) is 0 Å². The number of hydrogen-bond acceptors (Lipinski definition) is 5. The number of hydrogen-bond donors (Lipinski definition) is 3. The molecule has 0 heterocycles. The van der Waals surface area contributed by atoms with Gasteiger partial charge in [-0.2, -0.15) is 12.6 Å². The van der Waals surface area contributed by atoms with E-state index in [0.717, 1.165) is 18.6 Å². The van der Waals surface area contributed by atoms with E-state index in [4.69, 9.17) is 10.6 Å². The van der Waals surface area contributed by atoms with Crippen LogP contribution in [0, 0.1) is 0 Å². The maximum Gasteiger partial charge on any atom is 0.248 e. The quantitative estimate of drug-likeness (QED) is 0.302. The molecule has 0 aromatic carbocycles. The zero-order chi connectivity index (χ0) is 11.5. The van der Waals surface area contributed by atoms with Gasteiger partial charge in [-0.3, -0.25) is 9.63 Å². The Balaban J connectivity index is 3.26. The minimum atomic E-state index is -0.232. The first-order valence-electron chi connectivity index (χ1n) is 5.01. The van der Waals surface area contributed by atoms with Crippen molar-refractivity contribution >= 4 is 18.5 Å². The summed E-state index contributed by atoms with van der Waals surface area (Å²) in [5, 5.41) is 2.61. The Morgan fingerprint density at radius 2 is 2.33 bits per heavy atom. The highest BCUT2D eigenvalue weighted by molar-refractivity contribution is 7.80. The highest BCUT2D eigenvalue weighted by atomic mass is 32.1. The van der Waals surface area contributed by atoms with Crippen molar-refractivity contribution in [2.24, 2.45) is 5.90 Å². The lowest BCUT2D eigenvalue weighted by Gasteiger charge is -2.12. The molecule has 90 valence electrons. The van der Waals surface area contributed by atoms with E-state index in [0.29, 0.717) is 13.2 Å². The monoisotopic (exact) mass is 236 g/mol. The van der Waals surface area contributed by atoms with Gasteiger partial charge in [0.2, 0.25) is 5.91 Å². The van der Waals surface area contributed by atoms with Crippen molar-refractivity contribution in [2.75, 3.05) is 25.5 Å². The van der Waals surface area contributed by atoms with Crippen LogP contribution in [0.5, 0.6) is 0 Å². The van der Waals surface area contributed by atoms with Gasteiger partial charge in [0.15, 0.2) is 0 Å². The second-order valence-corrected chi connectivity index (χ2v) is 3.66. The van der Waals surface area contributed by atoms with Crippen LogP contribution in [0.2, 0.25) is 0 Å². The molecule has 3 N–H and O–H groups in total. The van der Waals surface area contributed by atoms with E-state index in [1.165, 1.54) is 0 Å². The smallest absolute Gasteiger partial charge is 0.248 e. The Morgan fingerprint density at radius 3 is 2.93 bits per heavy atom. The van der Waals surface area contributed by atoms with Crippen LogP contribution >= 0.6 is 12.6 Å². The summed E-state index contributed by atoms with van der Waals surface area (Å²) >= 11 is 4.12. The van der Waals surface area contributed by atoms with Crippen molar-refractivity contribution < 1.29 is 14.4 Å². The molecule has 0 aliphatic rings. The van der Waals surface area contributed by atoms with Crippen LogP contribution in [-0.2, 0) is 14.4 Å². The molecule has 6 heteroatoms. The molecule has 1 amide bonds. The number of ether oxygens (including phenoxy) is 1. The molecule has 0 radical (unpaired) electrons. The first kappa shape index (κ1) is 14.7. The van der Waals surface area contributed by atoms with Gasteiger partial charge < -0.3 is 10.1 Å². The van der Waals surface area contributed by atoms with Crippen LogP contribution in [0.4, 0.5) is 0 Å². The van der Waals surface area contributed by atoms with Crippen LogP contribution in [0.15, 0.2) is 0 Å². The van der Waals surface area contributed by atoms with Crippen molar-refractivity contribution in [3.05, 3.63) is 0 Å². The first-order valence-corrected chi connectivity index (χ1v) is 5.64. The molecule has 0 aliphatic heterocycles. The largest absolute Gasteiger partial charge is 0.377 e. The number of carbonyl (C=O) groups excluding carboxylic acids is 1. The van der Waals surface area contributed by atoms with Gasteiger partial charge in [-0.05, 0) is 25.5 Å². The highest BCUT2D eigenvalue weighted by Gasteiger charge is 2.02. The molecule has 0 aliphatic carbocycles. The number of amides is 1. The van der Waals surface area contributed by atoms with Gasteiger partial charge in [0.1, 0.15) is 6.61 Å². The van der Waals surface area contributed by atoms with Gasteiger partial charge in [0.25, 0.3) is 0 Å². The summed E-state index contributed by atoms with van der Waals surface area (Å²) in [6, 6.07) is 0. The van der Waals surface area contributed by atoms with Gasteiger partial charge in [-0.25, -0.2) is 5.90 Å². The van der Waals surface area contributed by atoms with Crippen molar-refractivity contribution in [1.82, 2.24) is 5.32 Å². The predicted octanol–water partition coefficient (Wildman–Crippen LogP) is 0.108. The van der Waals surface area contributed by atoms with Gasteiger partial charge >= 0.3 is 0 Å². The maximum atomic E-state index is 10.9. The van der Waals surface area contributed by atoms with Crippen LogP contribution < -0.4 is 11.2 Å². The summed E-state index contributed by atoms with van der Waals surface area (Å²) in [6.45, 7) is 2.88. The van der Waals surface area contributed by atoms with Crippen molar-refractivity contribution in [3.63, 3.8) is 0 Å². The van der Waals surface area contributed by atoms with Crippen molar-refractivity contribution in [1.29, 1.82) is 0 Å². The van der Waals surface area contributed by atoms with E-state index in [1.807, 2.05) is 6.92 Å². The van der Waals surface area contributed by atoms with Crippen molar-refractivity contribution in [2.45, 2.75) is 25.9 Å². The standard InChI is InChI=1S/C9H20N2O3S/c1-8(3-2-6-15)13-5-4-11-9(12)7-14-10/h8,15H,2-7,10H2,1H3,(H,11,12). The SMILES string of the molecule is CC(CCCS)OCCNC(=O)CON. The zero-order valence-corrected chi connectivity index (χ0v) is 9.96. The van der Waals surface area contributed by atoms with E-state index in [1.54, 1.807) is 0 Å². The summed E-state index contributed by atoms with van der Waals surface area (Å²) < 4.78 is 5.45. The van der Waals surface area contributed by atoms with E-state index >= 15 is 0 Å². The molecule has 0 bridgehead atoms. The normalized spacial score (nSPS) is 12.5. The maximum absolute atomic E-state index is 10.9. The lowest BCUT2D eigenvalue weighted by molar-refractivity contribution is -0.126. The molecule has 1 unspecified atom stereocenters. The summed E-state index contributed by atoms with van der Waals surface area (Å²) in [7, 11) is 0. The van der Waals surface area contributed by atoms with Crippen LogP contribution in [-0.4, -0.2) is 37.5 Å². The zero-order valence-electron chi connectivity index (χ0n) is 9.07. The number of nitrogens with one attached hydrogen (secondary N) is 1. The molecule has 1 atom stereocenters. The summed E-state index contributed by atoms with van der Waals surface area (Å²) in [6.07, 6.45) is 2.24. The third-order valence-corrected chi connectivity index (χ3v) is 2.13. The van der Waals surface area contributed by atoms with E-state index < -0.39 is 0 Å².